The zero-order valence-corrected chi connectivity index (χ0v) is 15.3. The SMILES string of the molecule is CCOC(=O)[C@H]1C(=O)OC(C)(C)[C@@H]1CC(=O)c1ccc(NC(C)=O)cc1. The van der Waals surface area contributed by atoms with Gasteiger partial charge in [-0.2, -0.15) is 0 Å². The number of ketones is 1. The van der Waals surface area contributed by atoms with Crippen molar-refractivity contribution in [1.82, 2.24) is 0 Å². The van der Waals surface area contributed by atoms with Crippen molar-refractivity contribution in [1.29, 1.82) is 0 Å². The number of hydrogen-bond donors (Lipinski definition) is 1. The molecule has 1 saturated heterocycles. The van der Waals surface area contributed by atoms with E-state index in [1.54, 1.807) is 45.0 Å². The summed E-state index contributed by atoms with van der Waals surface area (Å²) in [5.41, 5.74) is 0.0651. The maximum absolute atomic E-state index is 12.6. The molecule has 1 amide bonds. The van der Waals surface area contributed by atoms with Crippen LogP contribution in [0.2, 0.25) is 0 Å². The molecule has 1 aliphatic heterocycles. The summed E-state index contributed by atoms with van der Waals surface area (Å²) in [4.78, 5) is 48.0. The van der Waals surface area contributed by atoms with Crippen LogP contribution in [0.5, 0.6) is 0 Å². The minimum absolute atomic E-state index is 0.0261. The van der Waals surface area contributed by atoms with Crippen molar-refractivity contribution in [3.63, 3.8) is 0 Å². The number of rotatable bonds is 6. The lowest BCUT2D eigenvalue weighted by molar-refractivity contribution is -0.157. The van der Waals surface area contributed by atoms with Crippen molar-refractivity contribution in [2.24, 2.45) is 11.8 Å². The lowest BCUT2D eigenvalue weighted by Crippen LogP contribution is -2.35. The van der Waals surface area contributed by atoms with Gasteiger partial charge in [0.1, 0.15) is 5.60 Å². The molecule has 1 aromatic carbocycles. The molecule has 0 aromatic heterocycles. The zero-order valence-electron chi connectivity index (χ0n) is 15.3. The van der Waals surface area contributed by atoms with Gasteiger partial charge in [0.2, 0.25) is 5.91 Å². The summed E-state index contributed by atoms with van der Waals surface area (Å²) in [6.07, 6.45) is -0.0261. The fourth-order valence-corrected chi connectivity index (χ4v) is 3.08. The van der Waals surface area contributed by atoms with E-state index in [0.29, 0.717) is 11.3 Å². The van der Waals surface area contributed by atoms with Crippen molar-refractivity contribution in [2.45, 2.75) is 39.7 Å². The Labute approximate surface area is 152 Å². The summed E-state index contributed by atoms with van der Waals surface area (Å²) < 4.78 is 10.3. The normalized spacial score (nSPS) is 21.0. The standard InChI is InChI=1S/C19H23NO6/c1-5-25-17(23)16-14(19(3,4)26-18(16)24)10-15(22)12-6-8-13(9-7-12)20-11(2)21/h6-9,14,16H,5,10H2,1-4H3,(H,20,21)/t14-,16+/m1/s1. The fourth-order valence-electron chi connectivity index (χ4n) is 3.08. The minimum Gasteiger partial charge on any atom is -0.465 e. The summed E-state index contributed by atoms with van der Waals surface area (Å²) in [6, 6.07) is 6.44. The van der Waals surface area contributed by atoms with Gasteiger partial charge in [-0.1, -0.05) is 0 Å². The van der Waals surface area contributed by atoms with E-state index in [1.165, 1.54) is 6.92 Å². The number of Topliss-reactive ketones (excluding diaryl/α,β-unsaturated/α-hetero) is 1. The predicted molar refractivity (Wildman–Crippen MR) is 93.5 cm³/mol. The van der Waals surface area contributed by atoms with Crippen molar-refractivity contribution < 1.29 is 28.7 Å². The zero-order chi connectivity index (χ0) is 19.5. The molecule has 0 bridgehead atoms. The first-order chi connectivity index (χ1) is 12.2. The number of carbonyl (C=O) groups excluding carboxylic acids is 4. The summed E-state index contributed by atoms with van der Waals surface area (Å²) in [6.45, 7) is 6.56. The van der Waals surface area contributed by atoms with Crippen LogP contribution < -0.4 is 5.32 Å². The Hall–Kier alpha value is -2.70. The highest BCUT2D eigenvalue weighted by atomic mass is 16.6. The van der Waals surface area contributed by atoms with Gasteiger partial charge in [0, 0.05) is 30.5 Å². The van der Waals surface area contributed by atoms with E-state index >= 15 is 0 Å². The molecule has 1 aromatic rings. The molecule has 7 nitrogen and oxygen atoms in total. The molecule has 1 N–H and O–H groups in total. The molecule has 1 aliphatic rings. The Morgan fingerprint density at radius 2 is 1.81 bits per heavy atom. The van der Waals surface area contributed by atoms with Gasteiger partial charge in [-0.3, -0.25) is 19.2 Å². The number of cyclic esters (lactones) is 1. The second kappa shape index (κ2) is 7.68. The summed E-state index contributed by atoms with van der Waals surface area (Å²) in [5, 5.41) is 2.62. The van der Waals surface area contributed by atoms with Gasteiger partial charge in [0.25, 0.3) is 0 Å². The summed E-state index contributed by atoms with van der Waals surface area (Å²) >= 11 is 0. The van der Waals surface area contributed by atoms with Crippen molar-refractivity contribution in [2.75, 3.05) is 11.9 Å². The van der Waals surface area contributed by atoms with Gasteiger partial charge >= 0.3 is 11.9 Å². The molecule has 0 aliphatic carbocycles. The maximum atomic E-state index is 12.6. The van der Waals surface area contributed by atoms with E-state index in [1.807, 2.05) is 0 Å². The molecule has 26 heavy (non-hydrogen) atoms. The first kappa shape index (κ1) is 19.6. The van der Waals surface area contributed by atoms with Gasteiger partial charge in [0.05, 0.1) is 6.61 Å². The van der Waals surface area contributed by atoms with Crippen LogP contribution in [0.15, 0.2) is 24.3 Å². The van der Waals surface area contributed by atoms with Crippen molar-refractivity contribution >= 4 is 29.3 Å². The third-order valence-corrected chi connectivity index (χ3v) is 4.39. The quantitative estimate of drug-likeness (QED) is 0.474. The van der Waals surface area contributed by atoms with Crippen LogP contribution in [-0.4, -0.2) is 35.8 Å². The lowest BCUT2D eigenvalue weighted by Gasteiger charge is -2.25. The van der Waals surface area contributed by atoms with Crippen molar-refractivity contribution in [3.8, 4) is 0 Å². The first-order valence-corrected chi connectivity index (χ1v) is 8.46. The number of hydrogen-bond acceptors (Lipinski definition) is 6. The van der Waals surface area contributed by atoms with Crippen LogP contribution in [0.25, 0.3) is 0 Å². The molecule has 2 atom stereocenters. The third kappa shape index (κ3) is 4.28. The first-order valence-electron chi connectivity index (χ1n) is 8.46. The fraction of sp³-hybridized carbons (Fsp3) is 0.474. The van der Waals surface area contributed by atoms with E-state index in [9.17, 15) is 19.2 Å². The third-order valence-electron chi connectivity index (χ3n) is 4.39. The smallest absolute Gasteiger partial charge is 0.321 e. The average molecular weight is 361 g/mol. The number of amides is 1. The number of ether oxygens (including phenoxy) is 2. The number of anilines is 1. The summed E-state index contributed by atoms with van der Waals surface area (Å²) in [7, 11) is 0. The van der Waals surface area contributed by atoms with Gasteiger partial charge < -0.3 is 14.8 Å². The minimum atomic E-state index is -1.10. The second-order valence-corrected chi connectivity index (χ2v) is 6.75. The van der Waals surface area contributed by atoms with Gasteiger partial charge in [-0.05, 0) is 45.0 Å². The number of carbonyl (C=O) groups is 4. The highest BCUT2D eigenvalue weighted by Crippen LogP contribution is 2.40. The Kier molecular flexibility index (Phi) is 5.79. The maximum Gasteiger partial charge on any atom is 0.321 e. The lowest BCUT2D eigenvalue weighted by atomic mass is 9.79. The molecule has 140 valence electrons. The molecule has 0 unspecified atom stereocenters. The van der Waals surface area contributed by atoms with Crippen LogP contribution in [0, 0.1) is 11.8 Å². The molecule has 7 heteroatoms. The highest BCUT2D eigenvalue weighted by molar-refractivity contribution is 6.01. The molecule has 1 fully saturated rings. The van der Waals surface area contributed by atoms with Crippen LogP contribution in [0.4, 0.5) is 5.69 Å². The van der Waals surface area contributed by atoms with Crippen molar-refractivity contribution in [3.05, 3.63) is 29.8 Å². The van der Waals surface area contributed by atoms with Crippen LogP contribution >= 0.6 is 0 Å². The number of esters is 2. The average Bonchev–Trinajstić information content (AvgIpc) is 2.76. The molecular weight excluding hydrogens is 338 g/mol. The molecule has 0 saturated carbocycles. The largest absolute Gasteiger partial charge is 0.465 e. The summed E-state index contributed by atoms with van der Waals surface area (Å²) in [5.74, 6) is -3.46. The number of nitrogens with one attached hydrogen (secondary N) is 1. The second-order valence-electron chi connectivity index (χ2n) is 6.75. The Balaban J connectivity index is 2.17. The highest BCUT2D eigenvalue weighted by Gasteiger charge is 2.54. The monoisotopic (exact) mass is 361 g/mol. The number of benzene rings is 1. The predicted octanol–water partition coefficient (Wildman–Crippen LogP) is 2.35. The molecule has 2 rings (SSSR count). The van der Waals surface area contributed by atoms with Gasteiger partial charge in [0.15, 0.2) is 11.7 Å². The molecule has 0 radical (unpaired) electrons. The van der Waals surface area contributed by atoms with E-state index in [0.717, 1.165) is 0 Å². The van der Waals surface area contributed by atoms with Crippen LogP contribution in [0.3, 0.4) is 0 Å². The molecular formula is C19H23NO6. The van der Waals surface area contributed by atoms with Gasteiger partial charge in [-0.15, -0.1) is 0 Å². The Morgan fingerprint density at radius 1 is 1.19 bits per heavy atom. The molecule has 1 heterocycles. The van der Waals surface area contributed by atoms with Crippen LogP contribution in [-0.2, 0) is 23.9 Å². The molecule has 0 spiro atoms. The van der Waals surface area contributed by atoms with E-state index in [-0.39, 0.29) is 24.7 Å². The van der Waals surface area contributed by atoms with E-state index < -0.39 is 29.4 Å². The van der Waals surface area contributed by atoms with E-state index in [2.05, 4.69) is 5.32 Å². The Morgan fingerprint density at radius 3 is 2.35 bits per heavy atom. The topological polar surface area (TPSA) is 98.8 Å². The van der Waals surface area contributed by atoms with Crippen LogP contribution in [0.1, 0.15) is 44.5 Å². The Bertz CT molecular complexity index is 722. The van der Waals surface area contributed by atoms with Gasteiger partial charge in [-0.25, -0.2) is 0 Å². The van der Waals surface area contributed by atoms with E-state index in [4.69, 9.17) is 9.47 Å².